The predicted molar refractivity (Wildman–Crippen MR) is 75.4 cm³/mol. The maximum atomic E-state index is 12.5. The summed E-state index contributed by atoms with van der Waals surface area (Å²) in [6, 6.07) is 5.40. The van der Waals surface area contributed by atoms with Crippen LogP contribution in [0.1, 0.15) is 33.7 Å². The van der Waals surface area contributed by atoms with Crippen molar-refractivity contribution in [2.75, 3.05) is 20.2 Å². The average Bonchev–Trinajstić information content (AvgIpc) is 3.12. The molecular weight excluding hydrogens is 256 g/mol. The highest BCUT2D eigenvalue weighted by Gasteiger charge is 2.24. The van der Waals surface area contributed by atoms with Crippen molar-refractivity contribution >= 4 is 23.1 Å². The number of hydrogen-bond acceptors (Lipinski definition) is 3. The molecule has 0 bridgehead atoms. The first kappa shape index (κ1) is 12.7. The average molecular weight is 272 g/mol. The Hall–Kier alpha value is -2.30. The number of amides is 1. The van der Waals surface area contributed by atoms with Gasteiger partial charge in [0.15, 0.2) is 6.29 Å². The molecule has 0 unspecified atom stereocenters. The zero-order chi connectivity index (χ0) is 14.1. The molecule has 1 amide bonds. The van der Waals surface area contributed by atoms with E-state index in [1.54, 1.807) is 24.1 Å². The molecule has 2 heterocycles. The predicted octanol–water partition coefficient (Wildman–Crippen LogP) is 2.23. The molecule has 20 heavy (non-hydrogen) atoms. The van der Waals surface area contributed by atoms with Gasteiger partial charge in [0.1, 0.15) is 11.4 Å². The number of nitrogens with one attached hydrogen (secondary N) is 1. The first-order chi connectivity index (χ1) is 9.74. The van der Waals surface area contributed by atoms with Crippen molar-refractivity contribution in [1.82, 2.24) is 9.88 Å². The Bertz CT molecular complexity index is 669. The van der Waals surface area contributed by atoms with Gasteiger partial charge in [0.05, 0.1) is 12.7 Å². The molecule has 5 heteroatoms. The fourth-order valence-electron chi connectivity index (χ4n) is 2.69. The third-order valence-corrected chi connectivity index (χ3v) is 3.77. The number of fused-ring (bicyclic) bond motifs is 1. The van der Waals surface area contributed by atoms with Crippen molar-refractivity contribution in [3.05, 3.63) is 29.5 Å². The molecule has 1 saturated heterocycles. The Morgan fingerprint density at radius 3 is 2.75 bits per heavy atom. The Labute approximate surface area is 116 Å². The van der Waals surface area contributed by atoms with E-state index in [0.717, 1.165) is 43.1 Å². The van der Waals surface area contributed by atoms with Crippen LogP contribution in [0.5, 0.6) is 5.75 Å². The first-order valence-corrected chi connectivity index (χ1v) is 6.68. The molecular formula is C15H16N2O3. The highest BCUT2D eigenvalue weighted by molar-refractivity contribution is 6.09. The number of carbonyl (C=O) groups excluding carboxylic acids is 2. The van der Waals surface area contributed by atoms with Crippen LogP contribution in [0.3, 0.4) is 0 Å². The molecule has 1 aromatic heterocycles. The minimum absolute atomic E-state index is 0.0974. The molecule has 0 saturated carbocycles. The van der Waals surface area contributed by atoms with Crippen molar-refractivity contribution < 1.29 is 14.3 Å². The van der Waals surface area contributed by atoms with Gasteiger partial charge in [-0.3, -0.25) is 9.59 Å². The minimum atomic E-state index is -0.0974. The lowest BCUT2D eigenvalue weighted by molar-refractivity contribution is 0.0785. The van der Waals surface area contributed by atoms with Crippen molar-refractivity contribution in [3.63, 3.8) is 0 Å². The molecule has 3 rings (SSSR count). The standard InChI is InChI=1S/C15H16N2O3/c1-20-10-4-5-13-11(8-10)12(9-18)14(16-13)15(19)17-6-2-3-7-17/h4-5,8-9,16H,2-3,6-7H2,1H3. The largest absolute Gasteiger partial charge is 0.497 e. The summed E-state index contributed by atoms with van der Waals surface area (Å²) in [6.07, 6.45) is 2.79. The van der Waals surface area contributed by atoms with E-state index >= 15 is 0 Å². The first-order valence-electron chi connectivity index (χ1n) is 6.68. The summed E-state index contributed by atoms with van der Waals surface area (Å²) in [6.45, 7) is 1.52. The number of benzene rings is 1. The van der Waals surface area contributed by atoms with E-state index in [4.69, 9.17) is 4.74 Å². The van der Waals surface area contributed by atoms with Crippen LogP contribution in [0.2, 0.25) is 0 Å². The summed E-state index contributed by atoms with van der Waals surface area (Å²) in [5.74, 6) is 0.569. The summed E-state index contributed by atoms with van der Waals surface area (Å²) in [4.78, 5) is 28.7. The molecule has 5 nitrogen and oxygen atoms in total. The van der Waals surface area contributed by atoms with Crippen molar-refractivity contribution in [1.29, 1.82) is 0 Å². The summed E-state index contributed by atoms with van der Waals surface area (Å²) in [7, 11) is 1.57. The Kier molecular flexibility index (Phi) is 3.18. The lowest BCUT2D eigenvalue weighted by Gasteiger charge is -2.14. The lowest BCUT2D eigenvalue weighted by Crippen LogP contribution is -2.28. The number of aromatic amines is 1. The highest BCUT2D eigenvalue weighted by Crippen LogP contribution is 2.27. The zero-order valence-corrected chi connectivity index (χ0v) is 11.3. The van der Waals surface area contributed by atoms with E-state index in [1.165, 1.54) is 0 Å². The number of aldehydes is 1. The van der Waals surface area contributed by atoms with E-state index < -0.39 is 0 Å². The van der Waals surface area contributed by atoms with Crippen molar-refractivity contribution in [2.24, 2.45) is 0 Å². The van der Waals surface area contributed by atoms with Gasteiger partial charge in [0.2, 0.25) is 0 Å². The van der Waals surface area contributed by atoms with Gasteiger partial charge in [-0.15, -0.1) is 0 Å². The molecule has 1 aliphatic heterocycles. The monoisotopic (exact) mass is 272 g/mol. The molecule has 1 N–H and O–H groups in total. The lowest BCUT2D eigenvalue weighted by atomic mass is 10.1. The number of likely N-dealkylation sites (tertiary alicyclic amines) is 1. The van der Waals surface area contributed by atoms with Crippen LogP contribution in [-0.4, -0.2) is 42.3 Å². The molecule has 0 radical (unpaired) electrons. The molecule has 1 fully saturated rings. The number of aromatic nitrogens is 1. The topological polar surface area (TPSA) is 62.4 Å². The van der Waals surface area contributed by atoms with Crippen molar-refractivity contribution in [2.45, 2.75) is 12.8 Å². The van der Waals surface area contributed by atoms with Crippen LogP contribution in [0, 0.1) is 0 Å². The Balaban J connectivity index is 2.10. The third kappa shape index (κ3) is 1.95. The summed E-state index contributed by atoms with van der Waals surface area (Å²) in [5, 5.41) is 0.724. The van der Waals surface area contributed by atoms with Crippen LogP contribution < -0.4 is 4.74 Å². The van der Waals surface area contributed by atoms with Crippen LogP contribution >= 0.6 is 0 Å². The molecule has 2 aromatic rings. The SMILES string of the molecule is COc1ccc2[nH]c(C(=O)N3CCCC3)c(C=O)c2c1. The molecule has 1 aliphatic rings. The zero-order valence-electron chi connectivity index (χ0n) is 11.3. The fourth-order valence-corrected chi connectivity index (χ4v) is 2.69. The van der Waals surface area contributed by atoms with Crippen LogP contribution in [0.25, 0.3) is 10.9 Å². The van der Waals surface area contributed by atoms with Crippen LogP contribution in [0.15, 0.2) is 18.2 Å². The van der Waals surface area contributed by atoms with Gasteiger partial charge >= 0.3 is 0 Å². The van der Waals surface area contributed by atoms with Crippen LogP contribution in [0.4, 0.5) is 0 Å². The molecule has 0 spiro atoms. The maximum absolute atomic E-state index is 12.5. The summed E-state index contributed by atoms with van der Waals surface area (Å²) >= 11 is 0. The number of ether oxygens (including phenoxy) is 1. The smallest absolute Gasteiger partial charge is 0.271 e. The van der Waals surface area contributed by atoms with Gasteiger partial charge in [0, 0.05) is 24.0 Å². The highest BCUT2D eigenvalue weighted by atomic mass is 16.5. The van der Waals surface area contributed by atoms with Gasteiger partial charge in [-0.25, -0.2) is 0 Å². The Morgan fingerprint density at radius 1 is 1.35 bits per heavy atom. The number of H-pyrrole nitrogens is 1. The molecule has 1 aromatic carbocycles. The van der Waals surface area contributed by atoms with Crippen molar-refractivity contribution in [3.8, 4) is 5.75 Å². The number of hydrogen-bond donors (Lipinski definition) is 1. The third-order valence-electron chi connectivity index (χ3n) is 3.77. The van der Waals surface area contributed by atoms with Gasteiger partial charge in [-0.1, -0.05) is 0 Å². The molecule has 0 atom stereocenters. The van der Waals surface area contributed by atoms with E-state index in [1.807, 2.05) is 6.07 Å². The molecule has 0 aliphatic carbocycles. The quantitative estimate of drug-likeness (QED) is 0.871. The second-order valence-electron chi connectivity index (χ2n) is 4.94. The van der Waals surface area contributed by atoms with E-state index in [9.17, 15) is 9.59 Å². The minimum Gasteiger partial charge on any atom is -0.497 e. The molecule has 104 valence electrons. The van der Waals surface area contributed by atoms with Gasteiger partial charge in [-0.2, -0.15) is 0 Å². The summed E-state index contributed by atoms with van der Waals surface area (Å²) in [5.41, 5.74) is 1.57. The van der Waals surface area contributed by atoms with Gasteiger partial charge < -0.3 is 14.6 Å². The number of carbonyl (C=O) groups is 2. The van der Waals surface area contributed by atoms with Gasteiger partial charge in [0.25, 0.3) is 5.91 Å². The fraction of sp³-hybridized carbons (Fsp3) is 0.333. The van der Waals surface area contributed by atoms with E-state index in [0.29, 0.717) is 17.0 Å². The van der Waals surface area contributed by atoms with Crippen LogP contribution in [-0.2, 0) is 0 Å². The second kappa shape index (κ2) is 5.00. The maximum Gasteiger partial charge on any atom is 0.271 e. The summed E-state index contributed by atoms with van der Waals surface area (Å²) < 4.78 is 5.17. The van der Waals surface area contributed by atoms with Gasteiger partial charge in [-0.05, 0) is 31.0 Å². The second-order valence-corrected chi connectivity index (χ2v) is 4.94. The number of rotatable bonds is 3. The normalized spacial score (nSPS) is 14.8. The van der Waals surface area contributed by atoms with E-state index in [2.05, 4.69) is 4.98 Å². The van der Waals surface area contributed by atoms with E-state index in [-0.39, 0.29) is 5.91 Å². The number of methoxy groups -OCH3 is 1. The Morgan fingerprint density at radius 2 is 2.10 bits per heavy atom. The number of nitrogens with zero attached hydrogens (tertiary/aromatic N) is 1.